The molecule has 5 nitrogen and oxygen atoms in total. The summed E-state index contributed by atoms with van der Waals surface area (Å²) in [4.78, 5) is 13.2. The monoisotopic (exact) mass is 327 g/mol. The Morgan fingerprint density at radius 1 is 1.17 bits per heavy atom. The number of thioether (sulfide) groups is 1. The van der Waals surface area contributed by atoms with Crippen LogP contribution < -0.4 is 5.73 Å². The van der Waals surface area contributed by atoms with Crippen molar-refractivity contribution in [3.05, 3.63) is 42.2 Å². The van der Waals surface area contributed by atoms with Crippen LogP contribution >= 0.6 is 11.8 Å². The maximum atomic E-state index is 5.89. The average molecular weight is 327 g/mol. The van der Waals surface area contributed by atoms with Gasteiger partial charge in [-0.15, -0.1) is 11.8 Å². The lowest BCUT2D eigenvalue weighted by atomic mass is 10.2. The zero-order chi connectivity index (χ0) is 16.2. The predicted molar refractivity (Wildman–Crippen MR) is 95.4 cm³/mol. The molecule has 1 aromatic carbocycles. The van der Waals surface area contributed by atoms with E-state index in [9.17, 15) is 0 Å². The first-order valence-electron chi connectivity index (χ1n) is 7.78. The SMILES string of the molecule is CC(C)Cn1cnc2c(SCCc3ccccc3)nc(N)nc21. The standard InChI is InChI=1S/C17H21N5S/c1-12(2)10-22-11-19-14-15(22)20-17(18)21-16(14)23-9-8-13-6-4-3-5-7-13/h3-7,11-12H,8-10H2,1-2H3,(H2,18,20,21). The van der Waals surface area contributed by atoms with Gasteiger partial charge in [-0.05, 0) is 17.9 Å². The maximum Gasteiger partial charge on any atom is 0.223 e. The van der Waals surface area contributed by atoms with Crippen molar-refractivity contribution in [3.63, 3.8) is 0 Å². The zero-order valence-electron chi connectivity index (χ0n) is 13.4. The van der Waals surface area contributed by atoms with E-state index in [1.807, 2.05) is 12.4 Å². The summed E-state index contributed by atoms with van der Waals surface area (Å²) in [7, 11) is 0. The number of imidazole rings is 1. The highest BCUT2D eigenvalue weighted by atomic mass is 32.2. The lowest BCUT2D eigenvalue weighted by molar-refractivity contribution is 0.530. The van der Waals surface area contributed by atoms with Crippen molar-refractivity contribution < 1.29 is 0 Å². The molecule has 120 valence electrons. The topological polar surface area (TPSA) is 69.6 Å². The Kier molecular flexibility index (Phi) is 4.81. The third kappa shape index (κ3) is 3.82. The average Bonchev–Trinajstić information content (AvgIpc) is 2.90. The van der Waals surface area contributed by atoms with E-state index in [1.54, 1.807) is 11.8 Å². The molecule has 3 rings (SSSR count). The van der Waals surface area contributed by atoms with E-state index < -0.39 is 0 Å². The summed E-state index contributed by atoms with van der Waals surface area (Å²) in [5, 5.41) is 0.867. The van der Waals surface area contributed by atoms with E-state index in [1.165, 1.54) is 5.56 Å². The highest BCUT2D eigenvalue weighted by Gasteiger charge is 2.13. The fourth-order valence-electron chi connectivity index (χ4n) is 2.47. The van der Waals surface area contributed by atoms with E-state index in [0.717, 1.165) is 34.9 Å². The molecule has 0 aliphatic heterocycles. The molecule has 0 spiro atoms. The molecule has 0 aliphatic carbocycles. The van der Waals surface area contributed by atoms with Crippen molar-refractivity contribution in [3.8, 4) is 0 Å². The first kappa shape index (κ1) is 15.8. The number of fused-ring (bicyclic) bond motifs is 1. The van der Waals surface area contributed by atoms with Crippen molar-refractivity contribution in [2.75, 3.05) is 11.5 Å². The summed E-state index contributed by atoms with van der Waals surface area (Å²) in [6.45, 7) is 5.22. The molecule has 0 fully saturated rings. The van der Waals surface area contributed by atoms with Gasteiger partial charge in [-0.2, -0.15) is 4.98 Å². The Labute approximate surface area is 140 Å². The quantitative estimate of drug-likeness (QED) is 0.555. The number of benzene rings is 1. The number of nitrogen functional groups attached to an aromatic ring is 1. The molecule has 2 N–H and O–H groups in total. The number of nitrogens with two attached hydrogens (primary N) is 1. The number of nitrogens with zero attached hydrogens (tertiary/aromatic N) is 4. The van der Waals surface area contributed by atoms with Gasteiger partial charge in [-0.1, -0.05) is 44.2 Å². The van der Waals surface area contributed by atoms with Crippen LogP contribution in [0.5, 0.6) is 0 Å². The van der Waals surface area contributed by atoms with E-state index in [2.05, 4.69) is 57.6 Å². The van der Waals surface area contributed by atoms with Gasteiger partial charge in [0.25, 0.3) is 0 Å². The third-order valence-electron chi connectivity index (χ3n) is 3.48. The highest BCUT2D eigenvalue weighted by molar-refractivity contribution is 7.99. The number of hydrogen-bond acceptors (Lipinski definition) is 5. The van der Waals surface area contributed by atoms with Gasteiger partial charge in [0.2, 0.25) is 5.95 Å². The fourth-order valence-corrected chi connectivity index (χ4v) is 3.44. The van der Waals surface area contributed by atoms with Crippen LogP contribution in [0, 0.1) is 5.92 Å². The second kappa shape index (κ2) is 7.00. The summed E-state index contributed by atoms with van der Waals surface area (Å²) in [5.74, 6) is 1.77. The number of rotatable bonds is 6. The molecule has 6 heteroatoms. The van der Waals surface area contributed by atoms with Gasteiger partial charge < -0.3 is 10.3 Å². The van der Waals surface area contributed by atoms with Gasteiger partial charge >= 0.3 is 0 Å². The molecule has 23 heavy (non-hydrogen) atoms. The molecule has 0 radical (unpaired) electrons. The summed E-state index contributed by atoms with van der Waals surface area (Å²) < 4.78 is 2.05. The summed E-state index contributed by atoms with van der Waals surface area (Å²) >= 11 is 1.68. The van der Waals surface area contributed by atoms with Crippen LogP contribution in [0.4, 0.5) is 5.95 Å². The molecule has 3 aromatic rings. The maximum absolute atomic E-state index is 5.89. The minimum atomic E-state index is 0.310. The number of anilines is 1. The zero-order valence-corrected chi connectivity index (χ0v) is 14.3. The predicted octanol–water partition coefficient (Wildman–Crippen LogP) is 3.40. The molecular formula is C17H21N5S. The van der Waals surface area contributed by atoms with E-state index in [4.69, 9.17) is 5.73 Å². The molecule has 0 saturated heterocycles. The Bertz CT molecular complexity index is 782. The molecule has 0 amide bonds. The molecule has 0 atom stereocenters. The van der Waals surface area contributed by atoms with Gasteiger partial charge in [0, 0.05) is 12.3 Å². The number of aromatic nitrogens is 4. The van der Waals surface area contributed by atoms with Crippen molar-refractivity contribution in [1.29, 1.82) is 0 Å². The van der Waals surface area contributed by atoms with E-state index >= 15 is 0 Å². The van der Waals surface area contributed by atoms with Crippen molar-refractivity contribution in [1.82, 2.24) is 19.5 Å². The van der Waals surface area contributed by atoms with Crippen molar-refractivity contribution >= 4 is 28.9 Å². The van der Waals surface area contributed by atoms with Crippen LogP contribution in [0.3, 0.4) is 0 Å². The van der Waals surface area contributed by atoms with Gasteiger partial charge in [-0.3, -0.25) is 0 Å². The van der Waals surface area contributed by atoms with Crippen LogP contribution in [0.1, 0.15) is 19.4 Å². The van der Waals surface area contributed by atoms with Crippen LogP contribution in [0.15, 0.2) is 41.7 Å². The molecule has 0 saturated carbocycles. The van der Waals surface area contributed by atoms with Crippen molar-refractivity contribution in [2.45, 2.75) is 31.8 Å². The number of aryl methyl sites for hydroxylation is 1. The summed E-state index contributed by atoms with van der Waals surface area (Å²) in [6.07, 6.45) is 2.82. The Morgan fingerprint density at radius 3 is 2.70 bits per heavy atom. The lowest BCUT2D eigenvalue weighted by Crippen LogP contribution is -2.05. The molecular weight excluding hydrogens is 306 g/mol. The molecule has 0 bridgehead atoms. The van der Waals surface area contributed by atoms with Crippen LogP contribution in [-0.2, 0) is 13.0 Å². The minimum Gasteiger partial charge on any atom is -0.368 e. The van der Waals surface area contributed by atoms with Gasteiger partial charge in [0.15, 0.2) is 5.65 Å². The van der Waals surface area contributed by atoms with Gasteiger partial charge in [0.1, 0.15) is 10.5 Å². The van der Waals surface area contributed by atoms with Crippen LogP contribution in [-0.4, -0.2) is 25.3 Å². The minimum absolute atomic E-state index is 0.310. The second-order valence-corrected chi connectivity index (χ2v) is 7.02. The Morgan fingerprint density at radius 2 is 1.96 bits per heavy atom. The number of hydrogen-bond donors (Lipinski definition) is 1. The third-order valence-corrected chi connectivity index (χ3v) is 4.45. The molecule has 0 aliphatic rings. The largest absolute Gasteiger partial charge is 0.368 e. The van der Waals surface area contributed by atoms with Gasteiger partial charge in [0.05, 0.1) is 6.33 Å². The summed E-state index contributed by atoms with van der Waals surface area (Å²) in [5.41, 5.74) is 8.89. The highest BCUT2D eigenvalue weighted by Crippen LogP contribution is 2.26. The molecule has 2 aromatic heterocycles. The van der Waals surface area contributed by atoms with Gasteiger partial charge in [-0.25, -0.2) is 9.97 Å². The van der Waals surface area contributed by atoms with Crippen molar-refractivity contribution in [2.24, 2.45) is 5.92 Å². The Hall–Kier alpha value is -2.08. The van der Waals surface area contributed by atoms with Crippen LogP contribution in [0.25, 0.3) is 11.2 Å². The first-order valence-corrected chi connectivity index (χ1v) is 8.77. The second-order valence-electron chi connectivity index (χ2n) is 5.93. The van der Waals surface area contributed by atoms with Crippen LogP contribution in [0.2, 0.25) is 0 Å². The smallest absolute Gasteiger partial charge is 0.223 e. The summed E-state index contributed by atoms with van der Waals surface area (Å²) in [6, 6.07) is 10.4. The first-order chi connectivity index (χ1) is 11.1. The van der Waals surface area contributed by atoms with E-state index in [-0.39, 0.29) is 0 Å². The Balaban J connectivity index is 1.79. The normalized spacial score (nSPS) is 11.4. The fraction of sp³-hybridized carbons (Fsp3) is 0.353. The molecule has 2 heterocycles. The molecule has 0 unspecified atom stereocenters. The lowest BCUT2D eigenvalue weighted by Gasteiger charge is -2.08. The van der Waals surface area contributed by atoms with E-state index in [0.29, 0.717) is 11.9 Å².